The molecule has 1 aromatic heterocycles. The molecule has 0 unspecified atom stereocenters. The van der Waals surface area contributed by atoms with Crippen molar-refractivity contribution in [3.8, 4) is 11.5 Å². The van der Waals surface area contributed by atoms with Gasteiger partial charge in [0, 0.05) is 12.7 Å². The molecule has 112 valence electrons. The highest BCUT2D eigenvalue weighted by molar-refractivity contribution is 5.43. The van der Waals surface area contributed by atoms with E-state index < -0.39 is 0 Å². The number of pyridine rings is 1. The fourth-order valence-electron chi connectivity index (χ4n) is 1.99. The van der Waals surface area contributed by atoms with Crippen molar-refractivity contribution in [2.24, 2.45) is 0 Å². The quantitative estimate of drug-likeness (QED) is 0.757. The molecule has 0 aliphatic heterocycles. The summed E-state index contributed by atoms with van der Waals surface area (Å²) in [6.45, 7) is 4.44. The molecule has 4 heteroatoms. The summed E-state index contributed by atoms with van der Waals surface area (Å²) >= 11 is 0. The summed E-state index contributed by atoms with van der Waals surface area (Å²) in [5.74, 6) is 1.49. The van der Waals surface area contributed by atoms with Crippen LogP contribution in [-0.4, -0.2) is 18.6 Å². The molecule has 0 radical (unpaired) electrons. The number of ether oxygens (including phenoxy) is 2. The first-order chi connectivity index (χ1) is 10.3. The minimum Gasteiger partial charge on any atom is -0.493 e. The lowest BCUT2D eigenvalue weighted by Gasteiger charge is -2.12. The standard InChI is InChI=1S/C17H22N2O2/c1-3-9-18-12-14-7-8-16(17(11-14)20-2)21-13-15-6-4-5-10-19-15/h4-8,10-11,18H,3,9,12-13H2,1-2H3. The molecule has 4 nitrogen and oxygen atoms in total. The fraction of sp³-hybridized carbons (Fsp3) is 0.353. The molecule has 0 aliphatic carbocycles. The van der Waals surface area contributed by atoms with Crippen LogP contribution in [0.5, 0.6) is 11.5 Å². The van der Waals surface area contributed by atoms with Gasteiger partial charge in [-0.05, 0) is 42.8 Å². The largest absolute Gasteiger partial charge is 0.493 e. The Morgan fingerprint density at radius 1 is 1.14 bits per heavy atom. The third-order valence-corrected chi connectivity index (χ3v) is 3.09. The zero-order valence-corrected chi connectivity index (χ0v) is 12.6. The fourth-order valence-corrected chi connectivity index (χ4v) is 1.99. The van der Waals surface area contributed by atoms with E-state index in [1.807, 2.05) is 30.3 Å². The van der Waals surface area contributed by atoms with Gasteiger partial charge in [0.25, 0.3) is 0 Å². The lowest BCUT2D eigenvalue weighted by Crippen LogP contribution is -2.13. The van der Waals surface area contributed by atoms with Crippen molar-refractivity contribution in [1.29, 1.82) is 0 Å². The number of hydrogen-bond acceptors (Lipinski definition) is 4. The lowest BCUT2D eigenvalue weighted by atomic mass is 10.2. The topological polar surface area (TPSA) is 43.4 Å². The van der Waals surface area contributed by atoms with E-state index in [4.69, 9.17) is 9.47 Å². The highest BCUT2D eigenvalue weighted by atomic mass is 16.5. The molecule has 2 aromatic rings. The van der Waals surface area contributed by atoms with Crippen LogP contribution in [0.3, 0.4) is 0 Å². The molecule has 0 saturated heterocycles. The predicted octanol–water partition coefficient (Wildman–Crippen LogP) is 3.17. The molecular formula is C17H22N2O2. The zero-order chi connectivity index (χ0) is 14.9. The van der Waals surface area contributed by atoms with Crippen molar-refractivity contribution in [3.05, 3.63) is 53.9 Å². The Bertz CT molecular complexity index is 544. The SMILES string of the molecule is CCCNCc1ccc(OCc2ccccn2)c(OC)c1. The molecule has 21 heavy (non-hydrogen) atoms. The molecule has 0 spiro atoms. The van der Waals surface area contributed by atoms with Gasteiger partial charge >= 0.3 is 0 Å². The number of aromatic nitrogens is 1. The van der Waals surface area contributed by atoms with Gasteiger partial charge in [0.2, 0.25) is 0 Å². The highest BCUT2D eigenvalue weighted by Crippen LogP contribution is 2.28. The first-order valence-corrected chi connectivity index (χ1v) is 7.24. The molecule has 0 amide bonds. The third kappa shape index (κ3) is 4.76. The van der Waals surface area contributed by atoms with Crippen molar-refractivity contribution in [2.75, 3.05) is 13.7 Å². The predicted molar refractivity (Wildman–Crippen MR) is 83.6 cm³/mol. The number of rotatable bonds is 8. The van der Waals surface area contributed by atoms with Gasteiger partial charge < -0.3 is 14.8 Å². The van der Waals surface area contributed by atoms with Crippen LogP contribution in [0.1, 0.15) is 24.6 Å². The maximum atomic E-state index is 5.79. The van der Waals surface area contributed by atoms with Crippen LogP contribution in [0, 0.1) is 0 Å². The van der Waals surface area contributed by atoms with Gasteiger partial charge in [-0.25, -0.2) is 0 Å². The van der Waals surface area contributed by atoms with E-state index >= 15 is 0 Å². The van der Waals surface area contributed by atoms with E-state index in [0.717, 1.165) is 36.7 Å². The Labute approximate surface area is 126 Å². The lowest BCUT2D eigenvalue weighted by molar-refractivity contribution is 0.280. The van der Waals surface area contributed by atoms with Crippen LogP contribution in [-0.2, 0) is 13.2 Å². The van der Waals surface area contributed by atoms with Crippen molar-refractivity contribution >= 4 is 0 Å². The number of nitrogens with one attached hydrogen (secondary N) is 1. The summed E-state index contributed by atoms with van der Waals surface area (Å²) < 4.78 is 11.2. The molecule has 2 rings (SSSR count). The Morgan fingerprint density at radius 2 is 2.05 bits per heavy atom. The normalized spacial score (nSPS) is 10.4. The third-order valence-electron chi connectivity index (χ3n) is 3.09. The van der Waals surface area contributed by atoms with Crippen LogP contribution < -0.4 is 14.8 Å². The highest BCUT2D eigenvalue weighted by Gasteiger charge is 2.06. The Kier molecular flexibility index (Phi) is 6.03. The summed E-state index contributed by atoms with van der Waals surface area (Å²) in [6.07, 6.45) is 2.89. The maximum absolute atomic E-state index is 5.79. The Hall–Kier alpha value is -2.07. The number of methoxy groups -OCH3 is 1. The van der Waals surface area contributed by atoms with Crippen molar-refractivity contribution in [2.45, 2.75) is 26.5 Å². The van der Waals surface area contributed by atoms with E-state index in [1.54, 1.807) is 13.3 Å². The van der Waals surface area contributed by atoms with Gasteiger partial charge in [-0.3, -0.25) is 4.98 Å². The van der Waals surface area contributed by atoms with E-state index in [1.165, 1.54) is 5.56 Å². The first kappa shape index (κ1) is 15.3. The summed E-state index contributed by atoms with van der Waals surface area (Å²) in [5, 5.41) is 3.37. The van der Waals surface area contributed by atoms with Gasteiger partial charge in [0.1, 0.15) is 6.61 Å². The summed E-state index contributed by atoms with van der Waals surface area (Å²) in [6, 6.07) is 11.8. The second-order valence-corrected chi connectivity index (χ2v) is 4.77. The molecule has 0 fully saturated rings. The van der Waals surface area contributed by atoms with Crippen molar-refractivity contribution in [1.82, 2.24) is 10.3 Å². The first-order valence-electron chi connectivity index (χ1n) is 7.24. The second kappa shape index (κ2) is 8.27. The zero-order valence-electron chi connectivity index (χ0n) is 12.6. The van der Waals surface area contributed by atoms with Crippen LogP contribution in [0.4, 0.5) is 0 Å². The van der Waals surface area contributed by atoms with Gasteiger partial charge in [-0.2, -0.15) is 0 Å². The summed E-state index contributed by atoms with van der Waals surface area (Å²) in [5.41, 5.74) is 2.08. The molecule has 0 aliphatic rings. The van der Waals surface area contributed by atoms with E-state index in [0.29, 0.717) is 6.61 Å². The molecule has 1 N–H and O–H groups in total. The van der Waals surface area contributed by atoms with Crippen LogP contribution in [0.25, 0.3) is 0 Å². The number of nitrogens with zero attached hydrogens (tertiary/aromatic N) is 1. The summed E-state index contributed by atoms with van der Waals surface area (Å²) in [7, 11) is 1.66. The van der Waals surface area contributed by atoms with Crippen LogP contribution in [0.2, 0.25) is 0 Å². The summed E-state index contributed by atoms with van der Waals surface area (Å²) in [4.78, 5) is 4.24. The monoisotopic (exact) mass is 286 g/mol. The smallest absolute Gasteiger partial charge is 0.161 e. The molecule has 0 bridgehead atoms. The maximum Gasteiger partial charge on any atom is 0.161 e. The number of benzene rings is 1. The minimum absolute atomic E-state index is 0.435. The molecule has 0 saturated carbocycles. The average molecular weight is 286 g/mol. The van der Waals surface area contributed by atoms with Gasteiger partial charge in [0.05, 0.1) is 12.8 Å². The van der Waals surface area contributed by atoms with Gasteiger partial charge in [-0.1, -0.05) is 19.1 Å². The molecule has 1 heterocycles. The van der Waals surface area contributed by atoms with Gasteiger partial charge in [0.15, 0.2) is 11.5 Å². The average Bonchev–Trinajstić information content (AvgIpc) is 2.54. The van der Waals surface area contributed by atoms with Crippen molar-refractivity contribution < 1.29 is 9.47 Å². The minimum atomic E-state index is 0.435. The molecular weight excluding hydrogens is 264 g/mol. The molecule has 0 atom stereocenters. The Balaban J connectivity index is 1.99. The Morgan fingerprint density at radius 3 is 2.76 bits per heavy atom. The number of hydrogen-bond donors (Lipinski definition) is 1. The van der Waals surface area contributed by atoms with E-state index in [-0.39, 0.29) is 0 Å². The van der Waals surface area contributed by atoms with Crippen molar-refractivity contribution in [3.63, 3.8) is 0 Å². The van der Waals surface area contributed by atoms with E-state index in [2.05, 4.69) is 23.3 Å². The van der Waals surface area contributed by atoms with Crippen LogP contribution >= 0.6 is 0 Å². The van der Waals surface area contributed by atoms with Gasteiger partial charge in [-0.15, -0.1) is 0 Å². The van der Waals surface area contributed by atoms with E-state index in [9.17, 15) is 0 Å². The second-order valence-electron chi connectivity index (χ2n) is 4.77. The van der Waals surface area contributed by atoms with Crippen LogP contribution in [0.15, 0.2) is 42.6 Å². The molecule has 1 aromatic carbocycles.